The van der Waals surface area contributed by atoms with Gasteiger partial charge in [0.25, 0.3) is 0 Å². The molecule has 212 valence electrons. The Hall–Kier alpha value is -3.23. The molecule has 2 aliphatic rings. The van der Waals surface area contributed by atoms with Gasteiger partial charge in [0.1, 0.15) is 17.3 Å². The van der Waals surface area contributed by atoms with Crippen molar-refractivity contribution in [3.05, 3.63) is 58.3 Å². The maximum absolute atomic E-state index is 14.1. The van der Waals surface area contributed by atoms with Gasteiger partial charge in [-0.3, -0.25) is 4.79 Å². The second-order valence-corrected chi connectivity index (χ2v) is 13.0. The number of carbonyl (C=O) groups is 1. The van der Waals surface area contributed by atoms with Crippen LogP contribution in [-0.4, -0.2) is 92.8 Å². The van der Waals surface area contributed by atoms with Crippen molar-refractivity contribution >= 4 is 26.7 Å². The number of hydrogen-bond donors (Lipinski definition) is 1. The highest BCUT2D eigenvalue weighted by Gasteiger charge is 2.42. The van der Waals surface area contributed by atoms with Gasteiger partial charge in [-0.15, -0.1) is 0 Å². The molecule has 0 bridgehead atoms. The van der Waals surface area contributed by atoms with E-state index in [1.165, 1.54) is 10.4 Å². The molecule has 3 aromatic rings. The van der Waals surface area contributed by atoms with Gasteiger partial charge < -0.3 is 19.5 Å². The number of aromatic nitrogens is 1. The Labute approximate surface area is 236 Å². The second kappa shape index (κ2) is 10.6. The Morgan fingerprint density at radius 3 is 2.45 bits per heavy atom. The summed E-state index contributed by atoms with van der Waals surface area (Å²) in [6.45, 7) is 13.0. The summed E-state index contributed by atoms with van der Waals surface area (Å²) in [7, 11) is -1.94. The van der Waals surface area contributed by atoms with Crippen molar-refractivity contribution in [2.75, 3.05) is 59.5 Å². The first-order valence-electron chi connectivity index (χ1n) is 13.9. The fourth-order valence-electron chi connectivity index (χ4n) is 5.81. The fourth-order valence-corrected chi connectivity index (χ4v) is 7.37. The van der Waals surface area contributed by atoms with Crippen molar-refractivity contribution < 1.29 is 17.9 Å². The molecule has 0 unspecified atom stereocenters. The molecule has 5 rings (SSSR count). The number of ether oxygens (including phenoxy) is 1. The maximum atomic E-state index is 14.1. The molecule has 0 spiro atoms. The van der Waals surface area contributed by atoms with E-state index in [1.54, 1.807) is 24.3 Å². The maximum Gasteiger partial charge on any atom is 0.246 e. The topological polar surface area (TPSA) is 110 Å². The number of nitriles is 1. The summed E-state index contributed by atoms with van der Waals surface area (Å²) < 4.78 is 35.8. The molecule has 1 fully saturated rings. The van der Waals surface area contributed by atoms with Crippen LogP contribution < -0.4 is 4.74 Å². The van der Waals surface area contributed by atoms with Crippen molar-refractivity contribution in [1.82, 2.24) is 19.1 Å². The van der Waals surface area contributed by atoms with Crippen LogP contribution in [0.25, 0.3) is 10.9 Å². The molecule has 2 heterocycles. The van der Waals surface area contributed by atoms with E-state index in [0.717, 1.165) is 24.2 Å². The number of piperazine rings is 1. The van der Waals surface area contributed by atoms with Crippen LogP contribution in [0.15, 0.2) is 35.2 Å². The Bertz CT molecular complexity index is 1610. The summed E-state index contributed by atoms with van der Waals surface area (Å²) in [5, 5.41) is 10.1. The van der Waals surface area contributed by atoms with Gasteiger partial charge in [-0.2, -0.15) is 9.57 Å². The van der Waals surface area contributed by atoms with E-state index >= 15 is 0 Å². The summed E-state index contributed by atoms with van der Waals surface area (Å²) in [4.78, 5) is 21.8. The average molecular weight is 564 g/mol. The van der Waals surface area contributed by atoms with Gasteiger partial charge in [0.2, 0.25) is 10.0 Å². The number of ketones is 1. The molecule has 0 saturated carbocycles. The third kappa shape index (κ3) is 4.71. The number of likely N-dealkylation sites (N-methyl/N-ethyl adjacent to an activating group) is 2. The highest BCUT2D eigenvalue weighted by Crippen LogP contribution is 2.46. The van der Waals surface area contributed by atoms with Gasteiger partial charge in [0, 0.05) is 60.3 Å². The average Bonchev–Trinajstić information content (AvgIpc) is 3.34. The van der Waals surface area contributed by atoms with Gasteiger partial charge in [-0.1, -0.05) is 33.8 Å². The van der Waals surface area contributed by atoms with E-state index in [4.69, 9.17) is 4.74 Å². The highest BCUT2D eigenvalue weighted by molar-refractivity contribution is 7.89. The molecular weight excluding hydrogens is 526 g/mol. The number of rotatable bonds is 8. The molecule has 40 heavy (non-hydrogen) atoms. The molecule has 2 aromatic carbocycles. The van der Waals surface area contributed by atoms with Crippen molar-refractivity contribution in [3.63, 3.8) is 0 Å². The first-order valence-corrected chi connectivity index (χ1v) is 15.3. The Morgan fingerprint density at radius 1 is 1.10 bits per heavy atom. The standard InChI is InChI=1S/C30H37N5O4S/c1-6-34(7-2)14-15-39-25-18-23-22(17-26(25)40(37,38)35-12-10-33(5)11-13-35)28(36)27-21-9-8-20(19-31)16-24(21)32-29(27)30(23,3)4/h8-9,16-18,32H,6-7,10-15H2,1-5H3. The molecule has 1 aliphatic carbocycles. The molecule has 1 aromatic heterocycles. The van der Waals surface area contributed by atoms with Crippen LogP contribution in [0.4, 0.5) is 0 Å². The minimum atomic E-state index is -3.92. The lowest BCUT2D eigenvalue weighted by Crippen LogP contribution is -2.47. The van der Waals surface area contributed by atoms with Crippen LogP contribution in [0, 0.1) is 11.3 Å². The molecule has 0 amide bonds. The predicted molar refractivity (Wildman–Crippen MR) is 155 cm³/mol. The van der Waals surface area contributed by atoms with Crippen LogP contribution in [0.5, 0.6) is 5.75 Å². The largest absolute Gasteiger partial charge is 0.491 e. The van der Waals surface area contributed by atoms with Gasteiger partial charge in [0.15, 0.2) is 5.78 Å². The van der Waals surface area contributed by atoms with Crippen molar-refractivity contribution in [1.29, 1.82) is 5.26 Å². The monoisotopic (exact) mass is 563 g/mol. The number of carbonyl (C=O) groups excluding carboxylic acids is 1. The Morgan fingerprint density at radius 2 is 1.80 bits per heavy atom. The smallest absolute Gasteiger partial charge is 0.246 e. The van der Waals surface area contributed by atoms with Crippen LogP contribution in [0.1, 0.15) is 60.4 Å². The zero-order valence-corrected chi connectivity index (χ0v) is 24.7. The number of nitrogens with zero attached hydrogens (tertiary/aromatic N) is 4. The third-order valence-electron chi connectivity index (χ3n) is 8.42. The number of H-pyrrole nitrogens is 1. The zero-order valence-electron chi connectivity index (χ0n) is 23.9. The summed E-state index contributed by atoms with van der Waals surface area (Å²) in [5.74, 6) is 0.0434. The molecule has 1 aliphatic heterocycles. The van der Waals surface area contributed by atoms with Gasteiger partial charge in [-0.05, 0) is 50.0 Å². The SMILES string of the molecule is CCN(CC)CCOc1cc2c(cc1S(=O)(=O)N1CCN(C)CC1)C(=O)c1c([nH]c3cc(C#N)ccc13)C2(C)C. The van der Waals surface area contributed by atoms with E-state index in [0.29, 0.717) is 67.1 Å². The number of fused-ring (bicyclic) bond motifs is 4. The third-order valence-corrected chi connectivity index (χ3v) is 10.3. The quantitative estimate of drug-likeness (QED) is 0.446. The number of aromatic amines is 1. The van der Waals surface area contributed by atoms with Crippen LogP contribution in [-0.2, 0) is 15.4 Å². The Kier molecular flexibility index (Phi) is 7.52. The number of nitrogens with one attached hydrogen (secondary N) is 1. The van der Waals surface area contributed by atoms with E-state index in [2.05, 4.69) is 34.7 Å². The zero-order chi connectivity index (χ0) is 28.8. The summed E-state index contributed by atoms with van der Waals surface area (Å²) in [6.07, 6.45) is 0. The van der Waals surface area contributed by atoms with Crippen molar-refractivity contribution in [3.8, 4) is 11.8 Å². The molecule has 0 atom stereocenters. The molecule has 0 radical (unpaired) electrons. The molecule has 10 heteroatoms. The summed E-state index contributed by atoms with van der Waals surface area (Å²) >= 11 is 0. The molecular formula is C30H37N5O4S. The van der Waals surface area contributed by atoms with Crippen LogP contribution in [0.2, 0.25) is 0 Å². The van der Waals surface area contributed by atoms with Gasteiger partial charge in [-0.25, -0.2) is 8.42 Å². The first kappa shape index (κ1) is 28.3. The predicted octanol–water partition coefficient (Wildman–Crippen LogP) is 3.57. The molecule has 1 saturated heterocycles. The minimum absolute atomic E-state index is 0.0366. The van der Waals surface area contributed by atoms with Gasteiger partial charge >= 0.3 is 0 Å². The van der Waals surface area contributed by atoms with E-state index in [-0.39, 0.29) is 16.4 Å². The van der Waals surface area contributed by atoms with Crippen LogP contribution in [0.3, 0.4) is 0 Å². The normalized spacial score (nSPS) is 17.6. The lowest BCUT2D eigenvalue weighted by molar-refractivity contribution is 0.103. The van der Waals surface area contributed by atoms with Crippen molar-refractivity contribution in [2.24, 2.45) is 0 Å². The van der Waals surface area contributed by atoms with Crippen LogP contribution >= 0.6 is 0 Å². The lowest BCUT2D eigenvalue weighted by Gasteiger charge is -2.35. The first-order chi connectivity index (χ1) is 19.0. The lowest BCUT2D eigenvalue weighted by atomic mass is 9.71. The van der Waals surface area contributed by atoms with Gasteiger partial charge in [0.05, 0.1) is 17.2 Å². The summed E-state index contributed by atoms with van der Waals surface area (Å²) in [5.41, 5.74) is 2.92. The van der Waals surface area contributed by atoms with Crippen molar-refractivity contribution in [2.45, 2.75) is 38.0 Å². The van der Waals surface area contributed by atoms with E-state index < -0.39 is 15.4 Å². The van der Waals surface area contributed by atoms with E-state index in [1.807, 2.05) is 20.9 Å². The fraction of sp³-hybridized carbons (Fsp3) is 0.467. The number of sulfonamides is 1. The molecule has 9 nitrogen and oxygen atoms in total. The number of hydrogen-bond acceptors (Lipinski definition) is 7. The summed E-state index contributed by atoms with van der Waals surface area (Å²) in [6, 6.07) is 10.7. The minimum Gasteiger partial charge on any atom is -0.491 e. The highest BCUT2D eigenvalue weighted by atomic mass is 32.2. The second-order valence-electron chi connectivity index (χ2n) is 11.1. The molecule has 1 N–H and O–H groups in total. The number of benzene rings is 2. The van der Waals surface area contributed by atoms with E-state index in [9.17, 15) is 18.5 Å². The Balaban J connectivity index is 1.65.